The second kappa shape index (κ2) is 5.10. The monoisotopic (exact) mass is 252 g/mol. The predicted octanol–water partition coefficient (Wildman–Crippen LogP) is 1.74. The van der Waals surface area contributed by atoms with Crippen LogP contribution in [0.4, 0.5) is 0 Å². The first-order chi connectivity index (χ1) is 8.20. The molecule has 1 amide bonds. The van der Waals surface area contributed by atoms with Crippen molar-refractivity contribution in [1.82, 2.24) is 15.3 Å². The number of amides is 1. The van der Waals surface area contributed by atoms with Gasteiger partial charge in [0.2, 0.25) is 5.91 Å². The van der Waals surface area contributed by atoms with Gasteiger partial charge in [0.25, 0.3) is 0 Å². The van der Waals surface area contributed by atoms with Crippen LogP contribution in [0.25, 0.3) is 0 Å². The summed E-state index contributed by atoms with van der Waals surface area (Å²) in [6.07, 6.45) is 4.21. The second-order valence-electron chi connectivity index (χ2n) is 5.76. The van der Waals surface area contributed by atoms with Crippen LogP contribution < -0.4 is 11.1 Å². The maximum absolute atomic E-state index is 12.3. The lowest BCUT2D eigenvalue weighted by molar-refractivity contribution is -0.133. The molecule has 0 bridgehead atoms. The zero-order valence-electron chi connectivity index (χ0n) is 11.9. The Morgan fingerprint density at radius 2 is 2.11 bits per heavy atom. The van der Waals surface area contributed by atoms with Gasteiger partial charge in [-0.1, -0.05) is 6.92 Å². The Hall–Kier alpha value is -1.36. The molecule has 1 atom stereocenters. The molecule has 0 radical (unpaired) electrons. The molecule has 4 N–H and O–H groups in total. The summed E-state index contributed by atoms with van der Waals surface area (Å²) in [6.45, 7) is 9.45. The fourth-order valence-corrected chi connectivity index (χ4v) is 1.46. The summed E-state index contributed by atoms with van der Waals surface area (Å²) in [7, 11) is 0. The number of aromatic amines is 1. The van der Waals surface area contributed by atoms with Crippen molar-refractivity contribution in [2.75, 3.05) is 0 Å². The molecule has 1 aromatic rings. The van der Waals surface area contributed by atoms with E-state index >= 15 is 0 Å². The molecular weight excluding hydrogens is 228 g/mol. The number of nitrogens with two attached hydrogens (primary N) is 1. The summed E-state index contributed by atoms with van der Waals surface area (Å²) in [4.78, 5) is 19.6. The first kappa shape index (κ1) is 14.7. The van der Waals surface area contributed by atoms with Crippen LogP contribution in [0, 0.1) is 5.41 Å². The summed E-state index contributed by atoms with van der Waals surface area (Å²) in [5.74, 6) is 0.717. The van der Waals surface area contributed by atoms with Crippen molar-refractivity contribution in [2.24, 2.45) is 11.1 Å². The van der Waals surface area contributed by atoms with Crippen LogP contribution in [-0.4, -0.2) is 21.4 Å². The highest BCUT2D eigenvalue weighted by molar-refractivity contribution is 5.83. The minimum Gasteiger partial charge on any atom is -0.347 e. The number of hydrogen-bond acceptors (Lipinski definition) is 3. The standard InChI is InChI=1S/C13H24N4O/c1-6-9(10-15-7-8-16-10)17-11(18)12(2,3)13(4,5)14/h7-9H,6,14H2,1-5H3,(H,15,16)(H,17,18). The van der Waals surface area contributed by atoms with Crippen molar-refractivity contribution in [1.29, 1.82) is 0 Å². The molecule has 102 valence electrons. The Kier molecular flexibility index (Phi) is 4.16. The molecule has 0 aliphatic rings. The molecule has 0 saturated carbocycles. The van der Waals surface area contributed by atoms with Crippen molar-refractivity contribution in [3.05, 3.63) is 18.2 Å². The molecule has 0 saturated heterocycles. The molecule has 1 aromatic heterocycles. The average molecular weight is 252 g/mol. The van der Waals surface area contributed by atoms with Crippen LogP contribution in [-0.2, 0) is 4.79 Å². The van der Waals surface area contributed by atoms with Crippen LogP contribution in [0.1, 0.15) is 52.9 Å². The van der Waals surface area contributed by atoms with E-state index in [1.807, 2.05) is 34.6 Å². The predicted molar refractivity (Wildman–Crippen MR) is 71.8 cm³/mol. The molecule has 18 heavy (non-hydrogen) atoms. The fourth-order valence-electron chi connectivity index (χ4n) is 1.46. The summed E-state index contributed by atoms with van der Waals surface area (Å²) in [6, 6.07) is -0.103. The molecular formula is C13H24N4O. The molecule has 5 heteroatoms. The number of carbonyl (C=O) groups is 1. The van der Waals surface area contributed by atoms with Gasteiger partial charge in [-0.15, -0.1) is 0 Å². The van der Waals surface area contributed by atoms with Crippen LogP contribution in [0.2, 0.25) is 0 Å². The number of nitrogens with zero attached hydrogens (tertiary/aromatic N) is 1. The zero-order valence-corrected chi connectivity index (χ0v) is 11.9. The lowest BCUT2D eigenvalue weighted by Crippen LogP contribution is -2.56. The van der Waals surface area contributed by atoms with Gasteiger partial charge < -0.3 is 16.0 Å². The number of nitrogens with one attached hydrogen (secondary N) is 2. The number of hydrogen-bond donors (Lipinski definition) is 3. The first-order valence-electron chi connectivity index (χ1n) is 6.29. The molecule has 1 heterocycles. The van der Waals surface area contributed by atoms with E-state index in [0.29, 0.717) is 0 Å². The Balaban J connectivity index is 2.81. The van der Waals surface area contributed by atoms with E-state index < -0.39 is 11.0 Å². The number of aromatic nitrogens is 2. The topological polar surface area (TPSA) is 83.8 Å². The molecule has 0 spiro atoms. The van der Waals surface area contributed by atoms with Crippen molar-refractivity contribution >= 4 is 5.91 Å². The first-order valence-corrected chi connectivity index (χ1v) is 6.29. The third-order valence-corrected chi connectivity index (χ3v) is 3.74. The van der Waals surface area contributed by atoms with Crippen molar-refractivity contribution in [2.45, 2.75) is 52.6 Å². The molecule has 5 nitrogen and oxygen atoms in total. The van der Waals surface area contributed by atoms with Crippen molar-refractivity contribution in [3.63, 3.8) is 0 Å². The maximum Gasteiger partial charge on any atom is 0.228 e. The molecule has 0 aromatic carbocycles. The van der Waals surface area contributed by atoms with Crippen molar-refractivity contribution in [3.8, 4) is 0 Å². The van der Waals surface area contributed by atoms with Gasteiger partial charge in [0.1, 0.15) is 5.82 Å². The number of rotatable bonds is 5. The highest BCUT2D eigenvalue weighted by Crippen LogP contribution is 2.29. The van der Waals surface area contributed by atoms with Gasteiger partial charge in [-0.05, 0) is 34.1 Å². The minimum atomic E-state index is -0.646. The van der Waals surface area contributed by atoms with E-state index in [4.69, 9.17) is 5.73 Å². The normalized spacial score (nSPS) is 14.3. The quantitative estimate of drug-likeness (QED) is 0.746. The van der Waals surface area contributed by atoms with E-state index in [0.717, 1.165) is 12.2 Å². The number of H-pyrrole nitrogens is 1. The van der Waals surface area contributed by atoms with Gasteiger partial charge >= 0.3 is 0 Å². The second-order valence-corrected chi connectivity index (χ2v) is 5.76. The summed E-state index contributed by atoms with van der Waals surface area (Å²) < 4.78 is 0. The average Bonchev–Trinajstić information content (AvgIpc) is 2.76. The van der Waals surface area contributed by atoms with Crippen LogP contribution in [0.15, 0.2) is 12.4 Å². The summed E-state index contributed by atoms with van der Waals surface area (Å²) in [5, 5.41) is 3.00. The Bertz CT molecular complexity index is 390. The molecule has 0 fully saturated rings. The van der Waals surface area contributed by atoms with Gasteiger partial charge in [-0.3, -0.25) is 4.79 Å². The van der Waals surface area contributed by atoms with Gasteiger partial charge in [0.15, 0.2) is 0 Å². The van der Waals surface area contributed by atoms with Crippen molar-refractivity contribution < 1.29 is 4.79 Å². The van der Waals surface area contributed by atoms with Crippen LogP contribution in [0.3, 0.4) is 0 Å². The van der Waals surface area contributed by atoms with Crippen LogP contribution >= 0.6 is 0 Å². The van der Waals surface area contributed by atoms with E-state index in [-0.39, 0.29) is 11.9 Å². The molecule has 0 aliphatic carbocycles. The third kappa shape index (κ3) is 2.90. The van der Waals surface area contributed by atoms with Crippen LogP contribution in [0.5, 0.6) is 0 Å². The van der Waals surface area contributed by atoms with E-state index in [1.165, 1.54) is 0 Å². The minimum absolute atomic E-state index is 0.0572. The molecule has 0 aliphatic heterocycles. The van der Waals surface area contributed by atoms with Gasteiger partial charge in [0.05, 0.1) is 11.5 Å². The van der Waals surface area contributed by atoms with Gasteiger partial charge in [-0.25, -0.2) is 4.98 Å². The number of imidazole rings is 1. The van der Waals surface area contributed by atoms with Gasteiger partial charge in [-0.2, -0.15) is 0 Å². The van der Waals surface area contributed by atoms with Gasteiger partial charge in [0, 0.05) is 17.9 Å². The van der Waals surface area contributed by atoms with E-state index in [2.05, 4.69) is 15.3 Å². The largest absolute Gasteiger partial charge is 0.347 e. The smallest absolute Gasteiger partial charge is 0.228 e. The fraction of sp³-hybridized carbons (Fsp3) is 0.692. The lowest BCUT2D eigenvalue weighted by atomic mass is 9.74. The Labute approximate surface area is 109 Å². The molecule has 1 unspecified atom stereocenters. The molecule has 1 rings (SSSR count). The Morgan fingerprint density at radius 1 is 1.50 bits per heavy atom. The zero-order chi connectivity index (χ0) is 14.0. The highest BCUT2D eigenvalue weighted by Gasteiger charge is 2.41. The summed E-state index contributed by atoms with van der Waals surface area (Å²) in [5.41, 5.74) is 4.84. The third-order valence-electron chi connectivity index (χ3n) is 3.74. The highest BCUT2D eigenvalue weighted by atomic mass is 16.2. The SMILES string of the molecule is CCC(NC(=O)C(C)(C)C(C)(C)N)c1ncc[nH]1. The lowest BCUT2D eigenvalue weighted by Gasteiger charge is -2.37. The number of carbonyl (C=O) groups excluding carboxylic acids is 1. The van der Waals surface area contributed by atoms with E-state index in [9.17, 15) is 4.79 Å². The summed E-state index contributed by atoms with van der Waals surface area (Å²) >= 11 is 0. The maximum atomic E-state index is 12.3. The van der Waals surface area contributed by atoms with E-state index in [1.54, 1.807) is 12.4 Å². The Morgan fingerprint density at radius 3 is 2.50 bits per heavy atom.